The van der Waals surface area contributed by atoms with Crippen molar-refractivity contribution in [2.24, 2.45) is 0 Å². The second-order valence-corrected chi connectivity index (χ2v) is 3.87. The Morgan fingerprint density at radius 2 is 2.06 bits per heavy atom. The summed E-state index contributed by atoms with van der Waals surface area (Å²) in [5.74, 6) is 0. The van der Waals surface area contributed by atoms with E-state index in [9.17, 15) is 4.79 Å². The highest BCUT2D eigenvalue weighted by atomic mass is 16.5. The monoisotopic (exact) mass is 214 g/mol. The minimum Gasteiger partial charge on any atom is -0.366 e. The summed E-state index contributed by atoms with van der Waals surface area (Å²) in [5, 5.41) is 0. The van der Waals surface area contributed by atoms with E-state index in [2.05, 4.69) is 0 Å². The molecule has 2 heteroatoms. The minimum absolute atomic E-state index is 0.591. The first-order valence-electron chi connectivity index (χ1n) is 5.25. The molecule has 1 aliphatic rings. The van der Waals surface area contributed by atoms with Crippen LogP contribution in [-0.2, 0) is 9.53 Å². The van der Waals surface area contributed by atoms with Gasteiger partial charge in [0.1, 0.15) is 5.60 Å². The zero-order chi connectivity index (χ0) is 11.4. The number of carbonyl (C=O) groups excluding carboxylic acids is 1. The number of benzene rings is 1. The van der Waals surface area contributed by atoms with Crippen LogP contribution in [0.4, 0.5) is 0 Å². The highest BCUT2D eigenvalue weighted by molar-refractivity contribution is 5.78. The molecule has 1 aliphatic carbocycles. The zero-order valence-corrected chi connectivity index (χ0v) is 9.22. The van der Waals surface area contributed by atoms with E-state index >= 15 is 0 Å². The van der Waals surface area contributed by atoms with E-state index in [1.807, 2.05) is 42.5 Å². The molecule has 0 amide bonds. The van der Waals surface area contributed by atoms with Gasteiger partial charge in [-0.3, -0.25) is 4.79 Å². The molecule has 16 heavy (non-hydrogen) atoms. The summed E-state index contributed by atoms with van der Waals surface area (Å²) in [6.07, 6.45) is 7.15. The molecule has 1 aromatic carbocycles. The lowest BCUT2D eigenvalue weighted by molar-refractivity contribution is -0.122. The third kappa shape index (κ3) is 1.97. The Balaban J connectivity index is 2.30. The molecule has 0 aliphatic heterocycles. The second-order valence-electron chi connectivity index (χ2n) is 3.87. The maximum atomic E-state index is 11.1. The first-order valence-corrected chi connectivity index (χ1v) is 5.25. The van der Waals surface area contributed by atoms with Crippen LogP contribution in [0.15, 0.2) is 48.6 Å². The van der Waals surface area contributed by atoms with Crippen molar-refractivity contribution in [3.05, 3.63) is 54.1 Å². The quantitative estimate of drug-likeness (QED) is 0.723. The third-order valence-electron chi connectivity index (χ3n) is 2.87. The summed E-state index contributed by atoms with van der Waals surface area (Å²) in [6, 6.07) is 10.0. The van der Waals surface area contributed by atoms with E-state index in [4.69, 9.17) is 4.74 Å². The van der Waals surface area contributed by atoms with Crippen LogP contribution in [0, 0.1) is 0 Å². The van der Waals surface area contributed by atoms with Gasteiger partial charge in [-0.05, 0) is 17.2 Å². The van der Waals surface area contributed by atoms with Crippen molar-refractivity contribution in [3.63, 3.8) is 0 Å². The summed E-state index contributed by atoms with van der Waals surface area (Å²) < 4.78 is 5.28. The van der Waals surface area contributed by atoms with Crippen molar-refractivity contribution in [1.29, 1.82) is 0 Å². The SMILES string of the molecule is COC1(C=O)C=CC=C(c2ccccc2)C1. The van der Waals surface area contributed by atoms with Crippen LogP contribution in [0.1, 0.15) is 12.0 Å². The van der Waals surface area contributed by atoms with E-state index in [-0.39, 0.29) is 0 Å². The Hall–Kier alpha value is -1.67. The number of hydrogen-bond acceptors (Lipinski definition) is 2. The molecule has 2 nitrogen and oxygen atoms in total. The van der Waals surface area contributed by atoms with Gasteiger partial charge in [0.2, 0.25) is 0 Å². The van der Waals surface area contributed by atoms with Gasteiger partial charge in [0.15, 0.2) is 6.29 Å². The molecule has 0 aromatic heterocycles. The fourth-order valence-electron chi connectivity index (χ4n) is 1.86. The number of ether oxygens (including phenoxy) is 1. The van der Waals surface area contributed by atoms with Crippen LogP contribution >= 0.6 is 0 Å². The molecule has 0 heterocycles. The molecular weight excluding hydrogens is 200 g/mol. The molecule has 0 fully saturated rings. The molecule has 1 unspecified atom stereocenters. The van der Waals surface area contributed by atoms with Gasteiger partial charge in [0, 0.05) is 13.5 Å². The summed E-state index contributed by atoms with van der Waals surface area (Å²) >= 11 is 0. The number of aldehydes is 1. The van der Waals surface area contributed by atoms with Crippen LogP contribution in [0.5, 0.6) is 0 Å². The Bertz CT molecular complexity index is 431. The maximum Gasteiger partial charge on any atom is 0.156 e. The lowest BCUT2D eigenvalue weighted by atomic mass is 9.87. The van der Waals surface area contributed by atoms with Crippen LogP contribution in [0.25, 0.3) is 5.57 Å². The van der Waals surface area contributed by atoms with Crippen molar-refractivity contribution in [2.45, 2.75) is 12.0 Å². The molecule has 2 rings (SSSR count). The van der Waals surface area contributed by atoms with Gasteiger partial charge in [0.25, 0.3) is 0 Å². The van der Waals surface area contributed by atoms with Gasteiger partial charge in [-0.15, -0.1) is 0 Å². The highest BCUT2D eigenvalue weighted by Gasteiger charge is 2.29. The predicted octanol–water partition coefficient (Wildman–Crippen LogP) is 2.61. The van der Waals surface area contributed by atoms with Gasteiger partial charge in [0.05, 0.1) is 0 Å². The van der Waals surface area contributed by atoms with Crippen LogP contribution in [0.3, 0.4) is 0 Å². The Morgan fingerprint density at radius 1 is 1.31 bits per heavy atom. The lowest BCUT2D eigenvalue weighted by Gasteiger charge is -2.26. The average molecular weight is 214 g/mol. The first-order chi connectivity index (χ1) is 7.79. The smallest absolute Gasteiger partial charge is 0.156 e. The van der Waals surface area contributed by atoms with Crippen LogP contribution in [0.2, 0.25) is 0 Å². The molecule has 0 saturated carbocycles. The summed E-state index contributed by atoms with van der Waals surface area (Å²) in [4.78, 5) is 11.1. The van der Waals surface area contributed by atoms with E-state index < -0.39 is 5.60 Å². The molecule has 0 saturated heterocycles. The van der Waals surface area contributed by atoms with Crippen molar-refractivity contribution in [1.82, 2.24) is 0 Å². The lowest BCUT2D eigenvalue weighted by Crippen LogP contribution is -2.32. The standard InChI is InChI=1S/C14H14O2/c1-16-14(11-15)9-5-8-13(10-14)12-6-3-2-4-7-12/h2-9,11H,10H2,1H3. The molecule has 1 atom stereocenters. The topological polar surface area (TPSA) is 26.3 Å². The van der Waals surface area contributed by atoms with Crippen molar-refractivity contribution < 1.29 is 9.53 Å². The summed E-state index contributed by atoms with van der Waals surface area (Å²) in [5.41, 5.74) is 1.46. The van der Waals surface area contributed by atoms with Gasteiger partial charge in [-0.1, -0.05) is 42.5 Å². The second kappa shape index (κ2) is 4.45. The first kappa shape index (κ1) is 10.8. The Morgan fingerprint density at radius 3 is 2.69 bits per heavy atom. The number of carbonyl (C=O) groups is 1. The third-order valence-corrected chi connectivity index (χ3v) is 2.87. The molecule has 0 bridgehead atoms. The van der Waals surface area contributed by atoms with E-state index in [1.165, 1.54) is 0 Å². The predicted molar refractivity (Wildman–Crippen MR) is 64.0 cm³/mol. The molecule has 0 spiro atoms. The van der Waals surface area contributed by atoms with E-state index in [0.29, 0.717) is 6.42 Å². The number of rotatable bonds is 3. The molecule has 1 aromatic rings. The largest absolute Gasteiger partial charge is 0.366 e. The number of allylic oxidation sites excluding steroid dienone is 2. The molecular formula is C14H14O2. The van der Waals surface area contributed by atoms with Gasteiger partial charge >= 0.3 is 0 Å². The number of hydrogen-bond donors (Lipinski definition) is 0. The highest BCUT2D eigenvalue weighted by Crippen LogP contribution is 2.30. The number of methoxy groups -OCH3 is 1. The Labute approximate surface area is 95.2 Å². The fourth-order valence-corrected chi connectivity index (χ4v) is 1.86. The van der Waals surface area contributed by atoms with Crippen molar-refractivity contribution in [3.8, 4) is 0 Å². The normalized spacial score (nSPS) is 23.9. The van der Waals surface area contributed by atoms with Gasteiger partial charge in [-0.25, -0.2) is 0 Å². The van der Waals surface area contributed by atoms with Gasteiger partial charge in [-0.2, -0.15) is 0 Å². The van der Waals surface area contributed by atoms with Crippen molar-refractivity contribution >= 4 is 11.9 Å². The summed E-state index contributed by atoms with van der Waals surface area (Å²) in [7, 11) is 1.56. The summed E-state index contributed by atoms with van der Waals surface area (Å²) in [6.45, 7) is 0. The maximum absolute atomic E-state index is 11.1. The zero-order valence-electron chi connectivity index (χ0n) is 9.22. The molecule has 0 N–H and O–H groups in total. The van der Waals surface area contributed by atoms with Crippen LogP contribution in [-0.4, -0.2) is 19.0 Å². The fraction of sp³-hybridized carbons (Fsp3) is 0.214. The molecule has 82 valence electrons. The van der Waals surface area contributed by atoms with E-state index in [1.54, 1.807) is 13.2 Å². The minimum atomic E-state index is -0.792. The van der Waals surface area contributed by atoms with Crippen molar-refractivity contribution in [2.75, 3.05) is 7.11 Å². The molecule has 0 radical (unpaired) electrons. The van der Waals surface area contributed by atoms with Gasteiger partial charge < -0.3 is 4.74 Å². The van der Waals surface area contributed by atoms with E-state index in [0.717, 1.165) is 17.4 Å². The van der Waals surface area contributed by atoms with Crippen LogP contribution < -0.4 is 0 Å². The Kier molecular flexibility index (Phi) is 3.02. The average Bonchev–Trinajstić information content (AvgIpc) is 2.40.